The Balaban J connectivity index is 1.48. The van der Waals surface area contributed by atoms with Crippen LogP contribution in [0.5, 0.6) is 0 Å². The number of carbonyl (C=O) groups excluding carboxylic acids is 3. The van der Waals surface area contributed by atoms with Gasteiger partial charge < -0.3 is 45.2 Å². The van der Waals surface area contributed by atoms with Crippen molar-refractivity contribution in [2.75, 3.05) is 6.61 Å². The first-order chi connectivity index (χ1) is 21.6. The highest BCUT2D eigenvalue weighted by Gasteiger charge is 2.74. The molecule has 5 aliphatic rings. The monoisotopic (exact) mass is 664 g/mol. The van der Waals surface area contributed by atoms with Gasteiger partial charge in [0.05, 0.1) is 18.3 Å². The molecule has 13 atom stereocenters. The smallest absolute Gasteiger partial charge is 0.229 e. The second-order valence-electron chi connectivity index (χ2n) is 16.2. The molecule has 8 unspecified atom stereocenters. The lowest BCUT2D eigenvalue weighted by atomic mass is 9.39. The van der Waals surface area contributed by atoms with Crippen molar-refractivity contribution in [1.82, 2.24) is 0 Å². The Morgan fingerprint density at radius 1 is 1.02 bits per heavy atom. The highest BCUT2D eigenvalue weighted by Crippen LogP contribution is 2.73. The standard InChI is InChI=1S/C35H52O12/c1-16-17-8-9-22-32(4)13-20(38)29(35(7,45)23(39)10-11-31(2,3)44)33(32,5)14-24(40)34(22,6)18(17)12-19(37)28(16)47-30-27(43)26(42)25(41)21(15-36)46-30/h8,18,20-22,25-27,29-30,36,38,41-45H,9-15H2,1-7H3/t18-,20?,21?,22-,25?,26?,27?,29?,30?,32-,33+,34+,35?/m0/s1. The minimum Gasteiger partial charge on any atom is -0.458 e. The Bertz CT molecular complexity index is 1370. The Hall–Kier alpha value is -2.03. The third kappa shape index (κ3) is 5.38. The van der Waals surface area contributed by atoms with Crippen molar-refractivity contribution in [3.63, 3.8) is 0 Å². The first-order valence-electron chi connectivity index (χ1n) is 16.7. The molecule has 1 saturated heterocycles. The lowest BCUT2D eigenvalue weighted by Crippen LogP contribution is -2.64. The molecule has 264 valence electrons. The van der Waals surface area contributed by atoms with Crippen LogP contribution in [0.4, 0.5) is 0 Å². The largest absolute Gasteiger partial charge is 0.458 e. The predicted molar refractivity (Wildman–Crippen MR) is 166 cm³/mol. The van der Waals surface area contributed by atoms with E-state index < -0.39 is 94.3 Å². The van der Waals surface area contributed by atoms with Gasteiger partial charge in [-0.3, -0.25) is 14.4 Å². The molecular weight excluding hydrogens is 612 g/mol. The lowest BCUT2D eigenvalue weighted by molar-refractivity contribution is -0.291. The van der Waals surface area contributed by atoms with Crippen LogP contribution in [-0.2, 0) is 23.9 Å². The van der Waals surface area contributed by atoms with Gasteiger partial charge in [0.1, 0.15) is 35.8 Å². The summed E-state index contributed by atoms with van der Waals surface area (Å²) in [7, 11) is 0. The molecule has 0 amide bonds. The quantitative estimate of drug-likeness (QED) is 0.193. The van der Waals surface area contributed by atoms with E-state index >= 15 is 0 Å². The second kappa shape index (κ2) is 11.8. The van der Waals surface area contributed by atoms with E-state index in [1.54, 1.807) is 20.8 Å². The van der Waals surface area contributed by atoms with Crippen LogP contribution in [0.1, 0.15) is 87.0 Å². The van der Waals surface area contributed by atoms with Crippen molar-refractivity contribution < 1.29 is 59.6 Å². The molecule has 1 aliphatic heterocycles. The number of rotatable bonds is 8. The van der Waals surface area contributed by atoms with Gasteiger partial charge in [-0.05, 0) is 74.9 Å². The summed E-state index contributed by atoms with van der Waals surface area (Å²) in [5.74, 6) is -2.90. The summed E-state index contributed by atoms with van der Waals surface area (Å²) in [5, 5.41) is 74.0. The maximum absolute atomic E-state index is 14.5. The minimum absolute atomic E-state index is 0.0118. The summed E-state index contributed by atoms with van der Waals surface area (Å²) in [5.41, 5.74) is -4.53. The van der Waals surface area contributed by atoms with Gasteiger partial charge in [-0.25, -0.2) is 0 Å². The Labute approximate surface area is 275 Å². The van der Waals surface area contributed by atoms with Crippen LogP contribution >= 0.6 is 0 Å². The van der Waals surface area contributed by atoms with Crippen LogP contribution in [0.3, 0.4) is 0 Å². The van der Waals surface area contributed by atoms with Crippen molar-refractivity contribution in [3.8, 4) is 0 Å². The van der Waals surface area contributed by atoms with Gasteiger partial charge in [0.25, 0.3) is 0 Å². The molecule has 12 heteroatoms. The molecule has 2 saturated carbocycles. The molecular formula is C35H52O12. The molecule has 7 N–H and O–H groups in total. The Morgan fingerprint density at radius 2 is 1.66 bits per heavy atom. The molecule has 47 heavy (non-hydrogen) atoms. The number of fused-ring (bicyclic) bond motifs is 5. The highest BCUT2D eigenvalue weighted by atomic mass is 16.7. The van der Waals surface area contributed by atoms with Crippen molar-refractivity contribution in [2.24, 2.45) is 34.0 Å². The summed E-state index contributed by atoms with van der Waals surface area (Å²) in [4.78, 5) is 41.7. The molecule has 3 fully saturated rings. The number of hydrogen-bond donors (Lipinski definition) is 7. The fraction of sp³-hybridized carbons (Fsp3) is 0.800. The van der Waals surface area contributed by atoms with Gasteiger partial charge >= 0.3 is 0 Å². The fourth-order valence-corrected chi connectivity index (χ4v) is 10.1. The molecule has 1 heterocycles. The molecule has 0 radical (unpaired) electrons. The SMILES string of the molecule is CC1=C(OC2OC(CO)C(O)C(O)C2O)C(=O)C[C@H]2C1=CC[C@@H]1[C@]2(C)C(=O)C[C@]2(C)C(C(C)(O)C(=O)CCC(C)(C)O)C(O)C[C@@]12C. The average Bonchev–Trinajstić information content (AvgIpc) is 3.18. The summed E-state index contributed by atoms with van der Waals surface area (Å²) in [6.45, 7) is 11.4. The maximum Gasteiger partial charge on any atom is 0.229 e. The summed E-state index contributed by atoms with van der Waals surface area (Å²) in [6, 6.07) is 0. The third-order valence-electron chi connectivity index (χ3n) is 12.9. The van der Waals surface area contributed by atoms with Crippen LogP contribution in [0.25, 0.3) is 0 Å². The van der Waals surface area contributed by atoms with Crippen molar-refractivity contribution >= 4 is 17.3 Å². The van der Waals surface area contributed by atoms with Gasteiger partial charge in [-0.2, -0.15) is 0 Å². The number of ketones is 3. The van der Waals surface area contributed by atoms with E-state index in [9.17, 15) is 50.1 Å². The zero-order valence-corrected chi connectivity index (χ0v) is 28.4. The van der Waals surface area contributed by atoms with Crippen LogP contribution in [-0.4, -0.2) is 108 Å². The zero-order chi connectivity index (χ0) is 35.2. The van der Waals surface area contributed by atoms with E-state index in [1.807, 2.05) is 26.8 Å². The van der Waals surface area contributed by atoms with Gasteiger partial charge in [0.2, 0.25) is 6.29 Å². The van der Waals surface area contributed by atoms with E-state index in [0.717, 1.165) is 5.57 Å². The second-order valence-corrected chi connectivity index (χ2v) is 16.2. The van der Waals surface area contributed by atoms with Crippen LogP contribution in [0.15, 0.2) is 23.0 Å². The number of carbonyl (C=O) groups is 3. The van der Waals surface area contributed by atoms with Crippen molar-refractivity contribution in [1.29, 1.82) is 0 Å². The molecule has 0 bridgehead atoms. The van der Waals surface area contributed by atoms with Crippen LogP contribution in [0.2, 0.25) is 0 Å². The number of allylic oxidation sites excluding steroid dienone is 4. The molecule has 12 nitrogen and oxygen atoms in total. The summed E-state index contributed by atoms with van der Waals surface area (Å²) < 4.78 is 11.3. The number of Topliss-reactive ketones (excluding diaryl/α,β-unsaturated/α-hetero) is 3. The maximum atomic E-state index is 14.5. The summed E-state index contributed by atoms with van der Waals surface area (Å²) in [6.07, 6.45) is -6.16. The normalized spacial score (nSPS) is 45.1. The zero-order valence-electron chi connectivity index (χ0n) is 28.4. The predicted octanol–water partition coefficient (Wildman–Crippen LogP) is 0.856. The molecule has 0 aromatic carbocycles. The average molecular weight is 665 g/mol. The van der Waals surface area contributed by atoms with Crippen molar-refractivity contribution in [2.45, 2.75) is 135 Å². The topological polar surface area (TPSA) is 211 Å². The first-order valence-corrected chi connectivity index (χ1v) is 16.7. The Morgan fingerprint density at radius 3 is 2.26 bits per heavy atom. The fourth-order valence-electron chi connectivity index (χ4n) is 10.1. The van der Waals surface area contributed by atoms with E-state index in [-0.39, 0.29) is 49.6 Å². The van der Waals surface area contributed by atoms with Crippen molar-refractivity contribution in [3.05, 3.63) is 23.0 Å². The minimum atomic E-state index is -1.95. The van der Waals surface area contributed by atoms with E-state index in [2.05, 4.69) is 0 Å². The number of hydrogen-bond acceptors (Lipinski definition) is 12. The van der Waals surface area contributed by atoms with E-state index in [1.165, 1.54) is 6.92 Å². The van der Waals surface area contributed by atoms with Crippen LogP contribution in [0, 0.1) is 34.0 Å². The first kappa shape index (κ1) is 36.3. The Kier molecular flexibility index (Phi) is 9.10. The lowest BCUT2D eigenvalue weighted by Gasteiger charge is -2.63. The third-order valence-corrected chi connectivity index (χ3v) is 12.9. The van der Waals surface area contributed by atoms with Gasteiger partial charge in [0, 0.05) is 36.5 Å². The number of ether oxygens (including phenoxy) is 2. The molecule has 0 spiro atoms. The number of aliphatic hydroxyl groups excluding tert-OH is 5. The molecule has 4 aliphatic carbocycles. The van der Waals surface area contributed by atoms with Gasteiger partial charge in [0.15, 0.2) is 17.3 Å². The highest BCUT2D eigenvalue weighted by molar-refractivity contribution is 5.99. The van der Waals surface area contributed by atoms with Crippen LogP contribution < -0.4 is 0 Å². The molecule has 0 aromatic heterocycles. The molecule has 5 rings (SSSR count). The van der Waals surface area contributed by atoms with Gasteiger partial charge in [-0.15, -0.1) is 0 Å². The molecule has 0 aromatic rings. The summed E-state index contributed by atoms with van der Waals surface area (Å²) >= 11 is 0. The van der Waals surface area contributed by atoms with E-state index in [4.69, 9.17) is 9.47 Å². The number of aliphatic hydroxyl groups is 7. The van der Waals surface area contributed by atoms with E-state index in [0.29, 0.717) is 12.0 Å². The van der Waals surface area contributed by atoms with Gasteiger partial charge in [-0.1, -0.05) is 26.8 Å².